The SMILES string of the molecule is CNS(=O)(=O)c1cc(NC2CCCC(N)C2)ccc1C. The summed E-state index contributed by atoms with van der Waals surface area (Å²) >= 11 is 0. The maximum atomic E-state index is 12.0. The summed E-state index contributed by atoms with van der Waals surface area (Å²) in [6.07, 6.45) is 4.20. The zero-order valence-electron chi connectivity index (χ0n) is 12.0. The van der Waals surface area contributed by atoms with E-state index < -0.39 is 10.0 Å². The lowest BCUT2D eigenvalue weighted by molar-refractivity contribution is 0.409. The molecule has 112 valence electrons. The third kappa shape index (κ3) is 3.50. The number of sulfonamides is 1. The van der Waals surface area contributed by atoms with Gasteiger partial charge in [-0.15, -0.1) is 0 Å². The normalized spacial score (nSPS) is 23.6. The number of nitrogens with one attached hydrogen (secondary N) is 2. The molecule has 2 rings (SSSR count). The Morgan fingerprint density at radius 2 is 2.05 bits per heavy atom. The van der Waals surface area contributed by atoms with Crippen LogP contribution in [-0.4, -0.2) is 27.5 Å². The molecule has 0 aromatic heterocycles. The number of benzene rings is 1. The third-order valence-corrected chi connectivity index (χ3v) is 5.39. The Labute approximate surface area is 121 Å². The molecular weight excluding hydrogens is 274 g/mol. The molecule has 6 heteroatoms. The van der Waals surface area contributed by atoms with Gasteiger partial charge in [-0.1, -0.05) is 6.07 Å². The molecule has 0 amide bonds. The van der Waals surface area contributed by atoms with Crippen LogP contribution in [0.3, 0.4) is 0 Å². The molecule has 0 aliphatic heterocycles. The highest BCUT2D eigenvalue weighted by Crippen LogP contribution is 2.24. The Morgan fingerprint density at radius 1 is 1.30 bits per heavy atom. The van der Waals surface area contributed by atoms with Gasteiger partial charge in [0.05, 0.1) is 4.90 Å². The Kier molecular flexibility index (Phi) is 4.67. The topological polar surface area (TPSA) is 84.2 Å². The van der Waals surface area contributed by atoms with Gasteiger partial charge in [-0.2, -0.15) is 0 Å². The minimum atomic E-state index is -3.42. The molecule has 0 radical (unpaired) electrons. The fourth-order valence-electron chi connectivity index (χ4n) is 2.68. The van der Waals surface area contributed by atoms with Crippen molar-refractivity contribution in [3.63, 3.8) is 0 Å². The Balaban J connectivity index is 2.19. The zero-order valence-corrected chi connectivity index (χ0v) is 12.8. The summed E-state index contributed by atoms with van der Waals surface area (Å²) in [6.45, 7) is 1.80. The molecule has 1 fully saturated rings. The van der Waals surface area contributed by atoms with Crippen molar-refractivity contribution in [1.29, 1.82) is 0 Å². The average Bonchev–Trinajstić information content (AvgIpc) is 2.41. The first kappa shape index (κ1) is 15.3. The van der Waals surface area contributed by atoms with Gasteiger partial charge in [-0.3, -0.25) is 0 Å². The molecule has 1 aliphatic carbocycles. The van der Waals surface area contributed by atoms with Crippen molar-refractivity contribution in [2.24, 2.45) is 5.73 Å². The highest BCUT2D eigenvalue weighted by Gasteiger charge is 2.20. The van der Waals surface area contributed by atoms with Crippen molar-refractivity contribution in [3.05, 3.63) is 23.8 Å². The Bertz CT molecular complexity index is 572. The minimum absolute atomic E-state index is 0.243. The number of hydrogen-bond donors (Lipinski definition) is 3. The van der Waals surface area contributed by atoms with Crippen molar-refractivity contribution in [1.82, 2.24) is 4.72 Å². The lowest BCUT2D eigenvalue weighted by Gasteiger charge is -2.28. The van der Waals surface area contributed by atoms with Gasteiger partial charge in [0.2, 0.25) is 10.0 Å². The molecule has 1 saturated carbocycles. The van der Waals surface area contributed by atoms with E-state index in [2.05, 4.69) is 10.0 Å². The summed E-state index contributed by atoms with van der Waals surface area (Å²) in [5, 5.41) is 3.40. The number of anilines is 1. The van der Waals surface area contributed by atoms with Crippen LogP contribution >= 0.6 is 0 Å². The fraction of sp³-hybridized carbons (Fsp3) is 0.571. The van der Waals surface area contributed by atoms with Crippen LogP contribution in [0.4, 0.5) is 5.69 Å². The zero-order chi connectivity index (χ0) is 14.8. The average molecular weight is 297 g/mol. The fourth-order valence-corrected chi connectivity index (χ4v) is 3.68. The predicted octanol–water partition coefficient (Wildman–Crippen LogP) is 1.58. The van der Waals surface area contributed by atoms with Gasteiger partial charge >= 0.3 is 0 Å². The maximum Gasteiger partial charge on any atom is 0.240 e. The van der Waals surface area contributed by atoms with Crippen molar-refractivity contribution >= 4 is 15.7 Å². The molecule has 0 heterocycles. The summed E-state index contributed by atoms with van der Waals surface area (Å²) < 4.78 is 26.3. The van der Waals surface area contributed by atoms with E-state index in [1.165, 1.54) is 7.05 Å². The van der Waals surface area contributed by atoms with Gasteiger partial charge in [-0.05, 0) is 57.4 Å². The van der Waals surface area contributed by atoms with Crippen LogP contribution in [0.5, 0.6) is 0 Å². The van der Waals surface area contributed by atoms with Crippen LogP contribution in [0.2, 0.25) is 0 Å². The van der Waals surface area contributed by atoms with Crippen molar-refractivity contribution in [2.75, 3.05) is 12.4 Å². The smallest absolute Gasteiger partial charge is 0.240 e. The molecule has 0 bridgehead atoms. The molecule has 4 N–H and O–H groups in total. The number of hydrogen-bond acceptors (Lipinski definition) is 4. The highest BCUT2D eigenvalue weighted by atomic mass is 32.2. The minimum Gasteiger partial charge on any atom is -0.382 e. The van der Waals surface area contributed by atoms with Gasteiger partial charge in [0, 0.05) is 17.8 Å². The Hall–Kier alpha value is -1.11. The summed E-state index contributed by atoms with van der Waals surface area (Å²) in [7, 11) is -1.99. The second-order valence-electron chi connectivity index (χ2n) is 5.46. The van der Waals surface area contributed by atoms with Crippen molar-refractivity contribution in [3.8, 4) is 0 Å². The quantitative estimate of drug-likeness (QED) is 0.788. The van der Waals surface area contributed by atoms with Crippen LogP contribution in [0, 0.1) is 6.92 Å². The predicted molar refractivity (Wildman–Crippen MR) is 81.3 cm³/mol. The first-order valence-electron chi connectivity index (χ1n) is 6.98. The van der Waals surface area contributed by atoms with Gasteiger partial charge in [0.25, 0.3) is 0 Å². The second kappa shape index (κ2) is 6.11. The molecular formula is C14H23N3O2S. The number of nitrogens with two attached hydrogens (primary N) is 1. The largest absolute Gasteiger partial charge is 0.382 e. The maximum absolute atomic E-state index is 12.0. The van der Waals surface area contributed by atoms with Crippen molar-refractivity contribution < 1.29 is 8.42 Å². The third-order valence-electron chi connectivity index (χ3n) is 3.83. The van der Waals surface area contributed by atoms with Crippen molar-refractivity contribution in [2.45, 2.75) is 49.6 Å². The van der Waals surface area contributed by atoms with E-state index in [0.29, 0.717) is 10.9 Å². The standard InChI is InChI=1S/C14H23N3O2S/c1-10-6-7-13(9-14(10)20(18,19)16-2)17-12-5-3-4-11(15)8-12/h6-7,9,11-12,16-17H,3-5,8,15H2,1-2H3. The molecule has 2 unspecified atom stereocenters. The first-order chi connectivity index (χ1) is 9.42. The monoisotopic (exact) mass is 297 g/mol. The molecule has 0 spiro atoms. The van der Waals surface area contributed by atoms with E-state index in [1.54, 1.807) is 13.0 Å². The summed E-state index contributed by atoms with van der Waals surface area (Å²) in [6, 6.07) is 6.01. The van der Waals surface area contributed by atoms with Crippen LogP contribution in [0.1, 0.15) is 31.2 Å². The van der Waals surface area contributed by atoms with E-state index in [9.17, 15) is 8.42 Å². The molecule has 5 nitrogen and oxygen atoms in total. The van der Waals surface area contributed by atoms with Gasteiger partial charge < -0.3 is 11.1 Å². The first-order valence-corrected chi connectivity index (χ1v) is 8.47. The highest BCUT2D eigenvalue weighted by molar-refractivity contribution is 7.89. The van der Waals surface area contributed by atoms with E-state index in [0.717, 1.165) is 36.9 Å². The number of aryl methyl sites for hydroxylation is 1. The van der Waals surface area contributed by atoms with E-state index in [4.69, 9.17) is 5.73 Å². The molecule has 1 aromatic rings. The summed E-state index contributed by atoms with van der Waals surface area (Å²) in [5.41, 5.74) is 7.56. The van der Waals surface area contributed by atoms with Crippen LogP contribution in [0.15, 0.2) is 23.1 Å². The van der Waals surface area contributed by atoms with E-state index in [1.807, 2.05) is 12.1 Å². The second-order valence-corrected chi connectivity index (χ2v) is 7.31. The van der Waals surface area contributed by atoms with Crippen LogP contribution in [0.25, 0.3) is 0 Å². The van der Waals surface area contributed by atoms with Gasteiger partial charge in [0.15, 0.2) is 0 Å². The molecule has 0 saturated heterocycles. The van der Waals surface area contributed by atoms with Crippen LogP contribution < -0.4 is 15.8 Å². The van der Waals surface area contributed by atoms with Gasteiger partial charge in [0.1, 0.15) is 0 Å². The number of rotatable bonds is 4. The van der Waals surface area contributed by atoms with E-state index in [-0.39, 0.29) is 6.04 Å². The molecule has 1 aliphatic rings. The summed E-state index contributed by atoms with van der Waals surface area (Å²) in [4.78, 5) is 0.324. The molecule has 2 atom stereocenters. The lowest BCUT2D eigenvalue weighted by atomic mass is 9.91. The van der Waals surface area contributed by atoms with Crippen LogP contribution in [-0.2, 0) is 10.0 Å². The van der Waals surface area contributed by atoms with E-state index >= 15 is 0 Å². The summed E-state index contributed by atoms with van der Waals surface area (Å²) in [5.74, 6) is 0. The Morgan fingerprint density at radius 3 is 2.70 bits per heavy atom. The molecule has 1 aromatic carbocycles. The van der Waals surface area contributed by atoms with Gasteiger partial charge in [-0.25, -0.2) is 13.1 Å². The lowest BCUT2D eigenvalue weighted by Crippen LogP contribution is -2.34. The molecule has 20 heavy (non-hydrogen) atoms.